The van der Waals surface area contributed by atoms with E-state index in [4.69, 9.17) is 4.74 Å². The topological polar surface area (TPSA) is 49.9 Å². The third kappa shape index (κ3) is 4.25. The Balaban J connectivity index is 2.04. The van der Waals surface area contributed by atoms with E-state index in [0.29, 0.717) is 37.4 Å². The zero-order valence-electron chi connectivity index (χ0n) is 17.6. The summed E-state index contributed by atoms with van der Waals surface area (Å²) in [5, 5.41) is 0. The van der Waals surface area contributed by atoms with Crippen LogP contribution in [0.1, 0.15) is 30.0 Å². The number of para-hydroxylation sites is 1. The standard InChI is InChI=1S/C24H28N2O3/c1-5-29-15-9-14-26-23(27)21(20-13-12-17(2)16-18(20)3)22(24(26)28)25(4)19-10-7-6-8-11-19/h6-8,10-13,16H,5,9,14-15H2,1-4H3. The molecule has 2 aromatic rings. The first-order valence-corrected chi connectivity index (χ1v) is 10.00. The number of ether oxygens (including phenoxy) is 1. The molecular weight excluding hydrogens is 364 g/mol. The third-order valence-corrected chi connectivity index (χ3v) is 5.15. The number of rotatable bonds is 8. The lowest BCUT2D eigenvalue weighted by Crippen LogP contribution is -2.35. The second-order valence-electron chi connectivity index (χ2n) is 7.25. The Morgan fingerprint density at radius 2 is 1.72 bits per heavy atom. The molecule has 0 spiro atoms. The van der Waals surface area contributed by atoms with Crippen LogP contribution in [0.15, 0.2) is 54.2 Å². The maximum atomic E-state index is 13.3. The molecule has 29 heavy (non-hydrogen) atoms. The summed E-state index contributed by atoms with van der Waals surface area (Å²) < 4.78 is 5.38. The van der Waals surface area contributed by atoms with Gasteiger partial charge in [0.15, 0.2) is 0 Å². The monoisotopic (exact) mass is 392 g/mol. The fourth-order valence-electron chi connectivity index (χ4n) is 3.66. The highest BCUT2D eigenvalue weighted by atomic mass is 16.5. The summed E-state index contributed by atoms with van der Waals surface area (Å²) in [7, 11) is 1.84. The van der Waals surface area contributed by atoms with E-state index < -0.39 is 0 Å². The predicted molar refractivity (Wildman–Crippen MR) is 116 cm³/mol. The highest BCUT2D eigenvalue weighted by Crippen LogP contribution is 2.35. The molecule has 0 N–H and O–H groups in total. The van der Waals surface area contributed by atoms with Gasteiger partial charge in [-0.1, -0.05) is 42.0 Å². The van der Waals surface area contributed by atoms with Gasteiger partial charge in [-0.25, -0.2) is 0 Å². The van der Waals surface area contributed by atoms with Gasteiger partial charge in [0.1, 0.15) is 5.70 Å². The second-order valence-corrected chi connectivity index (χ2v) is 7.25. The van der Waals surface area contributed by atoms with Gasteiger partial charge >= 0.3 is 0 Å². The largest absolute Gasteiger partial charge is 0.382 e. The van der Waals surface area contributed by atoms with Gasteiger partial charge in [0.05, 0.1) is 5.57 Å². The van der Waals surface area contributed by atoms with Crippen LogP contribution in [-0.4, -0.2) is 43.5 Å². The van der Waals surface area contributed by atoms with Crippen LogP contribution in [-0.2, 0) is 14.3 Å². The first-order valence-electron chi connectivity index (χ1n) is 10.00. The van der Waals surface area contributed by atoms with Crippen molar-refractivity contribution < 1.29 is 14.3 Å². The van der Waals surface area contributed by atoms with Crippen LogP contribution in [0.3, 0.4) is 0 Å². The van der Waals surface area contributed by atoms with E-state index in [2.05, 4.69) is 0 Å². The van der Waals surface area contributed by atoms with E-state index in [-0.39, 0.29) is 11.8 Å². The number of amides is 2. The van der Waals surface area contributed by atoms with Crippen LogP contribution in [0.5, 0.6) is 0 Å². The van der Waals surface area contributed by atoms with Crippen molar-refractivity contribution in [3.63, 3.8) is 0 Å². The summed E-state index contributed by atoms with van der Waals surface area (Å²) in [5.74, 6) is -0.496. The van der Waals surface area contributed by atoms with Gasteiger partial charge in [-0.15, -0.1) is 0 Å². The Kier molecular flexibility index (Phi) is 6.49. The van der Waals surface area contributed by atoms with Crippen LogP contribution in [0.25, 0.3) is 5.57 Å². The fourth-order valence-corrected chi connectivity index (χ4v) is 3.66. The maximum absolute atomic E-state index is 13.3. The van der Waals surface area contributed by atoms with E-state index in [1.807, 2.05) is 81.2 Å². The fraction of sp³-hybridized carbons (Fsp3) is 0.333. The Morgan fingerprint density at radius 1 is 1.00 bits per heavy atom. The molecule has 1 aliphatic heterocycles. The van der Waals surface area contributed by atoms with Gasteiger partial charge in [-0.05, 0) is 50.5 Å². The highest BCUT2D eigenvalue weighted by Gasteiger charge is 2.41. The molecule has 0 saturated heterocycles. The minimum atomic E-state index is -0.257. The molecule has 0 atom stereocenters. The number of carbonyl (C=O) groups is 2. The predicted octanol–water partition coefficient (Wildman–Crippen LogP) is 3.95. The quantitative estimate of drug-likeness (QED) is 0.504. The summed E-state index contributed by atoms with van der Waals surface area (Å²) in [6, 6.07) is 15.6. The van der Waals surface area contributed by atoms with Gasteiger partial charge < -0.3 is 9.64 Å². The first kappa shape index (κ1) is 20.8. The summed E-state index contributed by atoms with van der Waals surface area (Å²) in [6.07, 6.45) is 0.619. The summed E-state index contributed by atoms with van der Waals surface area (Å²) in [5.41, 5.74) is 4.66. The zero-order valence-corrected chi connectivity index (χ0v) is 17.6. The van der Waals surface area contributed by atoms with Crippen LogP contribution in [0.4, 0.5) is 5.69 Å². The molecule has 0 aromatic heterocycles. The number of hydrogen-bond acceptors (Lipinski definition) is 4. The molecule has 0 saturated carbocycles. The smallest absolute Gasteiger partial charge is 0.278 e. The van der Waals surface area contributed by atoms with Gasteiger partial charge in [0.2, 0.25) is 0 Å². The van der Waals surface area contributed by atoms with Gasteiger partial charge in [-0.2, -0.15) is 0 Å². The normalized spacial score (nSPS) is 14.1. The van der Waals surface area contributed by atoms with E-state index in [1.165, 1.54) is 4.90 Å². The minimum Gasteiger partial charge on any atom is -0.382 e. The van der Waals surface area contributed by atoms with Crippen molar-refractivity contribution in [1.82, 2.24) is 4.90 Å². The van der Waals surface area contributed by atoms with Gasteiger partial charge in [0.25, 0.3) is 11.8 Å². The highest BCUT2D eigenvalue weighted by molar-refractivity contribution is 6.36. The Bertz CT molecular complexity index is 934. The van der Waals surface area contributed by atoms with Gasteiger partial charge in [0, 0.05) is 32.5 Å². The Hall–Kier alpha value is -2.92. The lowest BCUT2D eigenvalue weighted by Gasteiger charge is -2.21. The number of aryl methyl sites for hydroxylation is 2. The third-order valence-electron chi connectivity index (χ3n) is 5.15. The number of carbonyl (C=O) groups excluding carboxylic acids is 2. The number of hydrogen-bond donors (Lipinski definition) is 0. The minimum absolute atomic E-state index is 0.240. The molecule has 0 unspecified atom stereocenters. The number of anilines is 1. The van der Waals surface area contributed by atoms with Crippen molar-refractivity contribution in [2.75, 3.05) is 31.7 Å². The van der Waals surface area contributed by atoms with Crippen molar-refractivity contribution >= 4 is 23.1 Å². The summed E-state index contributed by atoms with van der Waals surface area (Å²) in [6.45, 7) is 7.41. The van der Waals surface area contributed by atoms with Crippen molar-refractivity contribution in [2.24, 2.45) is 0 Å². The molecule has 2 aromatic carbocycles. The number of nitrogens with zero attached hydrogens (tertiary/aromatic N) is 2. The summed E-state index contributed by atoms with van der Waals surface area (Å²) >= 11 is 0. The molecule has 5 nitrogen and oxygen atoms in total. The maximum Gasteiger partial charge on any atom is 0.278 e. The van der Waals surface area contributed by atoms with Crippen molar-refractivity contribution in [1.29, 1.82) is 0 Å². The molecule has 2 amide bonds. The van der Waals surface area contributed by atoms with Crippen LogP contribution in [0, 0.1) is 13.8 Å². The summed E-state index contributed by atoms with van der Waals surface area (Å²) in [4.78, 5) is 29.8. The number of benzene rings is 2. The lowest BCUT2D eigenvalue weighted by molar-refractivity contribution is -0.137. The van der Waals surface area contributed by atoms with Crippen LogP contribution in [0.2, 0.25) is 0 Å². The molecule has 0 fully saturated rings. The molecule has 1 aliphatic rings. The molecule has 152 valence electrons. The van der Waals surface area contributed by atoms with E-state index in [1.54, 1.807) is 0 Å². The number of imide groups is 1. The Labute approximate surface area is 172 Å². The van der Waals surface area contributed by atoms with Crippen molar-refractivity contribution in [3.05, 3.63) is 70.9 Å². The molecule has 5 heteroatoms. The molecule has 0 radical (unpaired) electrons. The average molecular weight is 392 g/mol. The van der Waals surface area contributed by atoms with Crippen molar-refractivity contribution in [2.45, 2.75) is 27.2 Å². The van der Waals surface area contributed by atoms with Gasteiger partial charge in [-0.3, -0.25) is 14.5 Å². The van der Waals surface area contributed by atoms with E-state index >= 15 is 0 Å². The molecule has 0 bridgehead atoms. The van der Waals surface area contributed by atoms with Crippen LogP contribution >= 0.6 is 0 Å². The lowest BCUT2D eigenvalue weighted by atomic mass is 9.97. The Morgan fingerprint density at radius 3 is 2.38 bits per heavy atom. The first-order chi connectivity index (χ1) is 14.0. The van der Waals surface area contributed by atoms with E-state index in [9.17, 15) is 9.59 Å². The molecular formula is C24H28N2O3. The average Bonchev–Trinajstić information content (AvgIpc) is 2.95. The molecule has 0 aliphatic carbocycles. The van der Waals surface area contributed by atoms with Crippen molar-refractivity contribution in [3.8, 4) is 0 Å². The van der Waals surface area contributed by atoms with E-state index in [0.717, 1.165) is 22.4 Å². The second kappa shape index (κ2) is 9.05. The molecule has 3 rings (SSSR count). The number of likely N-dealkylation sites (N-methyl/N-ethyl adjacent to an activating group) is 1. The van der Waals surface area contributed by atoms with Crippen LogP contribution < -0.4 is 4.90 Å². The SMILES string of the molecule is CCOCCCN1C(=O)C(c2ccc(C)cc2C)=C(N(C)c2ccccc2)C1=O. The molecule has 1 heterocycles. The zero-order chi connectivity index (χ0) is 21.0.